The minimum absolute atomic E-state index is 0.0419. The lowest BCUT2D eigenvalue weighted by Crippen LogP contribution is -2.39. The van der Waals surface area contributed by atoms with Crippen molar-refractivity contribution in [3.8, 4) is 0 Å². The van der Waals surface area contributed by atoms with E-state index in [2.05, 4.69) is 4.72 Å². The molecule has 0 amide bonds. The van der Waals surface area contributed by atoms with Crippen molar-refractivity contribution < 1.29 is 17.9 Å². The Morgan fingerprint density at radius 2 is 2.10 bits per heavy atom. The van der Waals surface area contributed by atoms with Gasteiger partial charge >= 0.3 is 5.97 Å². The fraction of sp³-hybridized carbons (Fsp3) is 0.417. The Bertz CT molecular complexity index is 616. The molecule has 1 rings (SSSR count). The first-order valence-electron chi connectivity index (χ1n) is 5.93. The van der Waals surface area contributed by atoms with E-state index in [9.17, 15) is 13.2 Å². The number of nitrogen functional groups attached to an aromatic ring is 1. The molecule has 1 aromatic carbocycles. The van der Waals surface area contributed by atoms with Gasteiger partial charge in [-0.05, 0) is 38.5 Å². The maximum atomic E-state index is 12.2. The number of ether oxygens (including phenoxy) is 1. The minimum Gasteiger partial charge on any atom is -0.465 e. The molecule has 0 saturated carbocycles. The summed E-state index contributed by atoms with van der Waals surface area (Å²) in [4.78, 5) is 11.3. The fourth-order valence-corrected chi connectivity index (χ4v) is 3.30. The third kappa shape index (κ3) is 3.84. The molecule has 0 saturated heterocycles. The molecule has 0 heterocycles. The lowest BCUT2D eigenvalue weighted by Gasteiger charge is -2.14. The molecular formula is C12H17ClN2O4S. The first kappa shape index (κ1) is 16.7. The molecule has 20 heavy (non-hydrogen) atoms. The van der Waals surface area contributed by atoms with E-state index in [0.29, 0.717) is 11.3 Å². The highest BCUT2D eigenvalue weighted by Gasteiger charge is 2.25. The van der Waals surface area contributed by atoms with E-state index in [1.807, 2.05) is 0 Å². The second-order valence-corrected chi connectivity index (χ2v) is 6.32. The predicted octanol–water partition coefficient (Wildman–Crippen LogP) is 1.46. The van der Waals surface area contributed by atoms with Gasteiger partial charge in [-0.3, -0.25) is 4.79 Å². The van der Waals surface area contributed by atoms with Gasteiger partial charge in [0.05, 0.1) is 11.6 Å². The smallest absolute Gasteiger partial charge is 0.323 e. The highest BCUT2D eigenvalue weighted by atomic mass is 35.5. The highest BCUT2D eigenvalue weighted by Crippen LogP contribution is 2.26. The average Bonchev–Trinajstić information content (AvgIpc) is 2.33. The molecular weight excluding hydrogens is 304 g/mol. The van der Waals surface area contributed by atoms with Gasteiger partial charge in [-0.1, -0.05) is 11.6 Å². The van der Waals surface area contributed by atoms with Gasteiger partial charge in [-0.2, -0.15) is 4.72 Å². The number of benzene rings is 1. The molecule has 1 atom stereocenters. The Kier molecular flexibility index (Phi) is 5.38. The van der Waals surface area contributed by atoms with Crippen LogP contribution >= 0.6 is 11.6 Å². The van der Waals surface area contributed by atoms with Crippen LogP contribution in [0.2, 0.25) is 5.02 Å². The van der Waals surface area contributed by atoms with Gasteiger partial charge in [-0.25, -0.2) is 8.42 Å². The van der Waals surface area contributed by atoms with Crippen LogP contribution in [0.3, 0.4) is 0 Å². The quantitative estimate of drug-likeness (QED) is 0.632. The van der Waals surface area contributed by atoms with Crippen LogP contribution in [0.4, 0.5) is 5.69 Å². The molecule has 1 unspecified atom stereocenters. The standard InChI is InChI=1S/C12H17ClN2O4S/c1-4-19-12(16)8(3)15-20(17,18)11-6-10(14)7(2)5-9(11)13/h5-6,8,15H,4,14H2,1-3H3. The molecule has 112 valence electrons. The molecule has 0 spiro atoms. The Morgan fingerprint density at radius 1 is 1.50 bits per heavy atom. The van der Waals surface area contributed by atoms with Crippen molar-refractivity contribution in [2.75, 3.05) is 12.3 Å². The number of carbonyl (C=O) groups is 1. The number of sulfonamides is 1. The number of nitrogens with two attached hydrogens (primary N) is 1. The molecule has 0 aliphatic rings. The van der Waals surface area contributed by atoms with Gasteiger partial charge in [0.1, 0.15) is 10.9 Å². The Morgan fingerprint density at radius 3 is 2.65 bits per heavy atom. The van der Waals surface area contributed by atoms with Crippen LogP contribution in [0.15, 0.2) is 17.0 Å². The molecule has 0 bridgehead atoms. The molecule has 0 radical (unpaired) electrons. The summed E-state index contributed by atoms with van der Waals surface area (Å²) in [6.45, 7) is 4.91. The fourth-order valence-electron chi connectivity index (χ4n) is 1.49. The lowest BCUT2D eigenvalue weighted by molar-refractivity contribution is -0.144. The van der Waals surface area contributed by atoms with Crippen molar-refractivity contribution >= 4 is 33.3 Å². The van der Waals surface area contributed by atoms with Crippen LogP contribution < -0.4 is 10.5 Å². The number of halogens is 1. The Hall–Kier alpha value is -1.31. The summed E-state index contributed by atoms with van der Waals surface area (Å²) in [6.07, 6.45) is 0. The van der Waals surface area contributed by atoms with Gasteiger partial charge in [-0.15, -0.1) is 0 Å². The summed E-state index contributed by atoms with van der Waals surface area (Å²) in [5.41, 5.74) is 6.66. The van der Waals surface area contributed by atoms with E-state index < -0.39 is 22.0 Å². The van der Waals surface area contributed by atoms with Crippen LogP contribution in [0.25, 0.3) is 0 Å². The van der Waals surface area contributed by atoms with Gasteiger partial charge in [0, 0.05) is 5.69 Å². The number of nitrogens with one attached hydrogen (secondary N) is 1. The van der Waals surface area contributed by atoms with E-state index in [1.165, 1.54) is 19.1 Å². The average molecular weight is 321 g/mol. The van der Waals surface area contributed by atoms with Crippen molar-refractivity contribution in [1.29, 1.82) is 0 Å². The predicted molar refractivity (Wildman–Crippen MR) is 77.0 cm³/mol. The summed E-state index contributed by atoms with van der Waals surface area (Å²) < 4.78 is 31.3. The molecule has 0 aliphatic heterocycles. The number of hydrogen-bond donors (Lipinski definition) is 2. The zero-order valence-corrected chi connectivity index (χ0v) is 13.0. The van der Waals surface area contributed by atoms with Gasteiger partial charge in [0.15, 0.2) is 0 Å². The summed E-state index contributed by atoms with van der Waals surface area (Å²) in [7, 11) is -3.96. The molecule has 6 nitrogen and oxygen atoms in total. The van der Waals surface area contributed by atoms with Crippen LogP contribution in [-0.2, 0) is 19.6 Å². The summed E-state index contributed by atoms with van der Waals surface area (Å²) in [5.74, 6) is -0.660. The Balaban J connectivity index is 3.06. The summed E-state index contributed by atoms with van der Waals surface area (Å²) in [5, 5.41) is 0.0419. The Labute approximate surface area is 123 Å². The molecule has 3 N–H and O–H groups in total. The number of hydrogen-bond acceptors (Lipinski definition) is 5. The van der Waals surface area contributed by atoms with Crippen LogP contribution in [0.1, 0.15) is 19.4 Å². The van der Waals surface area contributed by atoms with Crippen LogP contribution in [0, 0.1) is 6.92 Å². The molecule has 1 aromatic rings. The maximum absolute atomic E-state index is 12.2. The molecule has 8 heteroatoms. The van der Waals surface area contributed by atoms with Gasteiger partial charge in [0.2, 0.25) is 10.0 Å². The zero-order chi connectivity index (χ0) is 15.5. The van der Waals surface area contributed by atoms with Crippen molar-refractivity contribution in [2.45, 2.75) is 31.7 Å². The topological polar surface area (TPSA) is 98.5 Å². The van der Waals surface area contributed by atoms with Gasteiger partial charge < -0.3 is 10.5 Å². The van der Waals surface area contributed by atoms with E-state index in [4.69, 9.17) is 22.1 Å². The third-order valence-electron chi connectivity index (χ3n) is 2.58. The third-order valence-corrected chi connectivity index (χ3v) is 4.59. The molecule has 0 aromatic heterocycles. The molecule has 0 aliphatic carbocycles. The first-order valence-corrected chi connectivity index (χ1v) is 7.79. The highest BCUT2D eigenvalue weighted by molar-refractivity contribution is 7.89. The summed E-state index contributed by atoms with van der Waals surface area (Å²) in [6, 6.07) is 1.71. The number of aryl methyl sites for hydroxylation is 1. The second-order valence-electron chi connectivity index (χ2n) is 4.23. The second kappa shape index (κ2) is 6.43. The number of esters is 1. The monoisotopic (exact) mass is 320 g/mol. The van der Waals surface area contributed by atoms with E-state index in [-0.39, 0.29) is 16.5 Å². The summed E-state index contributed by atoms with van der Waals surface area (Å²) >= 11 is 5.92. The van der Waals surface area contributed by atoms with Crippen molar-refractivity contribution in [3.63, 3.8) is 0 Å². The normalized spacial score (nSPS) is 13.0. The SMILES string of the molecule is CCOC(=O)C(C)NS(=O)(=O)c1cc(N)c(C)cc1Cl. The van der Waals surface area contributed by atoms with Crippen molar-refractivity contribution in [3.05, 3.63) is 22.7 Å². The van der Waals surface area contributed by atoms with Crippen LogP contribution in [-0.4, -0.2) is 27.0 Å². The number of rotatable bonds is 5. The van der Waals surface area contributed by atoms with E-state index in [1.54, 1.807) is 13.8 Å². The zero-order valence-electron chi connectivity index (χ0n) is 11.4. The van der Waals surface area contributed by atoms with Crippen LogP contribution in [0.5, 0.6) is 0 Å². The van der Waals surface area contributed by atoms with Crippen molar-refractivity contribution in [1.82, 2.24) is 4.72 Å². The lowest BCUT2D eigenvalue weighted by atomic mass is 10.2. The van der Waals surface area contributed by atoms with E-state index >= 15 is 0 Å². The molecule has 0 fully saturated rings. The number of anilines is 1. The van der Waals surface area contributed by atoms with Crippen molar-refractivity contribution in [2.24, 2.45) is 0 Å². The maximum Gasteiger partial charge on any atom is 0.323 e. The largest absolute Gasteiger partial charge is 0.465 e. The number of carbonyl (C=O) groups excluding carboxylic acids is 1. The van der Waals surface area contributed by atoms with Gasteiger partial charge in [0.25, 0.3) is 0 Å². The first-order chi connectivity index (χ1) is 9.19. The van der Waals surface area contributed by atoms with E-state index in [0.717, 1.165) is 0 Å². The minimum atomic E-state index is -3.96.